The molecule has 0 aliphatic carbocycles. The number of carbonyl (C=O) groups is 1. The summed E-state index contributed by atoms with van der Waals surface area (Å²) in [4.78, 5) is 24.6. The molecule has 3 aromatic rings. The van der Waals surface area contributed by atoms with Crippen LogP contribution in [0.15, 0.2) is 47.3 Å². The van der Waals surface area contributed by atoms with Crippen LogP contribution in [0.3, 0.4) is 0 Å². The summed E-state index contributed by atoms with van der Waals surface area (Å²) in [6, 6.07) is 9.19. The predicted molar refractivity (Wildman–Crippen MR) is 114 cm³/mol. The lowest BCUT2D eigenvalue weighted by Gasteiger charge is -2.28. The number of aryl methyl sites for hydroxylation is 1. The Hall–Kier alpha value is -2.72. The second-order valence-corrected chi connectivity index (χ2v) is 9.32. The first-order valence-electron chi connectivity index (χ1n) is 8.81. The van der Waals surface area contributed by atoms with Gasteiger partial charge in [-0.05, 0) is 44.2 Å². The first-order chi connectivity index (χ1) is 13.6. The lowest BCUT2D eigenvalue weighted by Crippen LogP contribution is -2.45. The fraction of sp³-hybridized carbons (Fsp3) is 0.263. The number of carbonyl (C=O) groups excluding carboxylic acids is 1. The Kier molecular flexibility index (Phi) is 5.76. The van der Waals surface area contributed by atoms with Gasteiger partial charge in [0.05, 0.1) is 22.2 Å². The third kappa shape index (κ3) is 4.18. The van der Waals surface area contributed by atoms with Crippen molar-refractivity contribution in [1.82, 2.24) is 4.57 Å². The minimum absolute atomic E-state index is 0.0952. The average molecular weight is 438 g/mol. The van der Waals surface area contributed by atoms with Gasteiger partial charge in [-0.1, -0.05) is 23.5 Å². The minimum atomic E-state index is -3.93. The van der Waals surface area contributed by atoms with E-state index < -0.39 is 27.8 Å². The number of hydrogen-bond acceptors (Lipinski definition) is 5. The molecule has 0 saturated heterocycles. The summed E-state index contributed by atoms with van der Waals surface area (Å²) in [7, 11) is -3.93. The molecule has 1 N–H and O–H groups in total. The highest BCUT2D eigenvalue weighted by Crippen LogP contribution is 2.26. The van der Waals surface area contributed by atoms with Gasteiger partial charge in [0.25, 0.3) is 0 Å². The van der Waals surface area contributed by atoms with Crippen LogP contribution in [0.4, 0.5) is 15.8 Å². The molecule has 154 valence electrons. The number of para-hydroxylation sites is 1. The fourth-order valence-corrected chi connectivity index (χ4v) is 5.27. The average Bonchev–Trinajstić information content (AvgIpc) is 2.96. The highest BCUT2D eigenvalue weighted by molar-refractivity contribution is 7.92. The van der Waals surface area contributed by atoms with Crippen LogP contribution in [0.5, 0.6) is 0 Å². The van der Waals surface area contributed by atoms with Gasteiger partial charge >= 0.3 is 4.87 Å². The third-order valence-electron chi connectivity index (χ3n) is 4.43. The van der Waals surface area contributed by atoms with E-state index in [9.17, 15) is 22.4 Å². The van der Waals surface area contributed by atoms with Gasteiger partial charge in [0.2, 0.25) is 15.9 Å². The fourth-order valence-electron chi connectivity index (χ4n) is 3.10. The maximum atomic E-state index is 14.2. The molecular weight excluding hydrogens is 417 g/mol. The van der Waals surface area contributed by atoms with E-state index in [1.165, 1.54) is 25.1 Å². The van der Waals surface area contributed by atoms with Gasteiger partial charge in [0.1, 0.15) is 11.9 Å². The van der Waals surface area contributed by atoms with Crippen LogP contribution in [-0.2, 0) is 21.4 Å². The van der Waals surface area contributed by atoms with Crippen LogP contribution in [-0.4, -0.2) is 31.2 Å². The predicted octanol–water partition coefficient (Wildman–Crippen LogP) is 3.02. The molecule has 0 bridgehead atoms. The number of nitrogens with zero attached hydrogens (tertiary/aromatic N) is 2. The molecule has 0 aliphatic rings. The van der Waals surface area contributed by atoms with E-state index in [0.717, 1.165) is 33.5 Å². The van der Waals surface area contributed by atoms with E-state index in [1.54, 1.807) is 22.8 Å². The summed E-state index contributed by atoms with van der Waals surface area (Å²) >= 11 is 1.06. The molecule has 3 rings (SSSR count). The molecule has 0 aliphatic heterocycles. The van der Waals surface area contributed by atoms with Crippen LogP contribution in [0.2, 0.25) is 0 Å². The molecule has 0 spiro atoms. The number of amides is 1. The molecule has 1 atom stereocenters. The van der Waals surface area contributed by atoms with Crippen LogP contribution in [0, 0.1) is 5.82 Å². The molecule has 0 fully saturated rings. The molecule has 7 nitrogen and oxygen atoms in total. The second-order valence-electron chi connectivity index (χ2n) is 6.47. The van der Waals surface area contributed by atoms with Crippen LogP contribution >= 0.6 is 11.3 Å². The summed E-state index contributed by atoms with van der Waals surface area (Å²) in [6.45, 7) is 3.79. The van der Waals surface area contributed by atoms with Gasteiger partial charge in [-0.15, -0.1) is 0 Å². The van der Waals surface area contributed by atoms with E-state index in [-0.39, 0.29) is 10.6 Å². The lowest BCUT2D eigenvalue weighted by molar-refractivity contribution is -0.116. The Morgan fingerprint density at radius 2 is 1.97 bits per heavy atom. The van der Waals surface area contributed by atoms with E-state index in [0.29, 0.717) is 16.9 Å². The molecule has 0 radical (unpaired) electrons. The van der Waals surface area contributed by atoms with Crippen molar-refractivity contribution < 1.29 is 17.6 Å². The Labute approximate surface area is 171 Å². The summed E-state index contributed by atoms with van der Waals surface area (Å²) in [6.07, 6.45) is 0.917. The van der Waals surface area contributed by atoms with Crippen LogP contribution < -0.4 is 14.5 Å². The molecular formula is C19H20FN3O4S2. The maximum Gasteiger partial charge on any atom is 0.308 e. The Morgan fingerprint density at radius 1 is 1.28 bits per heavy atom. The highest BCUT2D eigenvalue weighted by Gasteiger charge is 2.31. The summed E-state index contributed by atoms with van der Waals surface area (Å²) < 4.78 is 41.8. The summed E-state index contributed by atoms with van der Waals surface area (Å²) in [5, 5.41) is 2.65. The molecule has 29 heavy (non-hydrogen) atoms. The zero-order valence-electron chi connectivity index (χ0n) is 16.0. The number of sulfonamides is 1. The van der Waals surface area contributed by atoms with Gasteiger partial charge < -0.3 is 5.32 Å². The van der Waals surface area contributed by atoms with Crippen molar-refractivity contribution in [3.05, 3.63) is 57.9 Å². The standard InChI is InChI=1S/C19H20FN3O4S2/c1-4-22-16-10-9-13(11-17(16)28-19(22)25)21-18(24)12(2)23(29(3,26)27)15-8-6-5-7-14(15)20/h5-12H,4H2,1-3H3,(H,21,24). The normalized spacial score (nSPS) is 12.7. The van der Waals surface area contributed by atoms with Gasteiger partial charge in [0, 0.05) is 12.2 Å². The Balaban J connectivity index is 1.91. The first-order valence-corrected chi connectivity index (χ1v) is 11.5. The van der Waals surface area contributed by atoms with Crippen molar-refractivity contribution >= 4 is 48.9 Å². The number of aromatic nitrogens is 1. The maximum absolute atomic E-state index is 14.2. The largest absolute Gasteiger partial charge is 0.324 e. The van der Waals surface area contributed by atoms with Gasteiger partial charge in [0.15, 0.2) is 0 Å². The first kappa shape index (κ1) is 21.0. The topological polar surface area (TPSA) is 88.5 Å². The summed E-state index contributed by atoms with van der Waals surface area (Å²) in [5.74, 6) is -1.37. The number of nitrogens with one attached hydrogen (secondary N) is 1. The van der Waals surface area contributed by atoms with Crippen LogP contribution in [0.25, 0.3) is 10.2 Å². The summed E-state index contributed by atoms with van der Waals surface area (Å²) in [5.41, 5.74) is 0.977. The molecule has 1 aromatic heterocycles. The van der Waals surface area contributed by atoms with Crippen molar-refractivity contribution in [3.63, 3.8) is 0 Å². The number of hydrogen-bond donors (Lipinski definition) is 1. The van der Waals surface area contributed by atoms with Gasteiger partial charge in [-0.2, -0.15) is 0 Å². The molecule has 0 saturated carbocycles. The third-order valence-corrected chi connectivity index (χ3v) is 6.60. The van der Waals surface area contributed by atoms with Crippen molar-refractivity contribution in [2.75, 3.05) is 15.9 Å². The molecule has 1 unspecified atom stereocenters. The minimum Gasteiger partial charge on any atom is -0.324 e. The number of rotatable bonds is 6. The van der Waals surface area contributed by atoms with E-state index in [4.69, 9.17) is 0 Å². The molecule has 10 heteroatoms. The number of halogens is 1. The zero-order chi connectivity index (χ0) is 21.3. The molecule has 1 heterocycles. The SMILES string of the molecule is CCn1c(=O)sc2cc(NC(=O)C(C)N(c3ccccc3F)S(C)(=O)=O)ccc21. The van der Waals surface area contributed by atoms with E-state index in [1.807, 2.05) is 6.92 Å². The molecule has 1 amide bonds. The lowest BCUT2D eigenvalue weighted by atomic mass is 10.2. The number of anilines is 2. The van der Waals surface area contributed by atoms with Crippen molar-refractivity contribution in [1.29, 1.82) is 0 Å². The van der Waals surface area contributed by atoms with Crippen molar-refractivity contribution in [2.45, 2.75) is 26.4 Å². The number of fused-ring (bicyclic) bond motifs is 1. The van der Waals surface area contributed by atoms with E-state index in [2.05, 4.69) is 5.32 Å². The molecule has 2 aromatic carbocycles. The quantitative estimate of drug-likeness (QED) is 0.642. The highest BCUT2D eigenvalue weighted by atomic mass is 32.2. The number of benzene rings is 2. The van der Waals surface area contributed by atoms with Gasteiger partial charge in [-0.3, -0.25) is 18.5 Å². The van der Waals surface area contributed by atoms with Crippen LogP contribution in [0.1, 0.15) is 13.8 Å². The smallest absolute Gasteiger partial charge is 0.308 e. The Morgan fingerprint density at radius 3 is 2.59 bits per heavy atom. The second kappa shape index (κ2) is 7.96. The number of thiazole rings is 1. The zero-order valence-corrected chi connectivity index (χ0v) is 17.7. The van der Waals surface area contributed by atoms with E-state index >= 15 is 0 Å². The monoisotopic (exact) mass is 437 g/mol. The van der Waals surface area contributed by atoms with Gasteiger partial charge in [-0.25, -0.2) is 12.8 Å². The Bertz CT molecular complexity index is 1230. The van der Waals surface area contributed by atoms with Crippen molar-refractivity contribution in [2.24, 2.45) is 0 Å². The van der Waals surface area contributed by atoms with Crippen molar-refractivity contribution in [3.8, 4) is 0 Å².